The minimum atomic E-state index is -1.41. The van der Waals surface area contributed by atoms with Crippen molar-refractivity contribution in [2.24, 2.45) is 5.92 Å². The molecule has 0 aromatic carbocycles. The van der Waals surface area contributed by atoms with Crippen LogP contribution >= 0.6 is 0 Å². The zero-order chi connectivity index (χ0) is 12.5. The predicted octanol–water partition coefficient (Wildman–Crippen LogP) is 3.96. The fraction of sp³-hybridized carbons (Fsp3) is 1.00. The maximum absolute atomic E-state index is 6.52. The molecule has 1 saturated carbocycles. The van der Waals surface area contributed by atoms with Gasteiger partial charge in [-0.05, 0) is 50.7 Å². The first-order valence-corrected chi connectivity index (χ1v) is 10.5. The highest BCUT2D eigenvalue weighted by molar-refractivity contribution is 6.71. The summed E-state index contributed by atoms with van der Waals surface area (Å²) in [6.45, 7) is 9.26. The van der Waals surface area contributed by atoms with Gasteiger partial charge in [-0.25, -0.2) is 0 Å². The van der Waals surface area contributed by atoms with Crippen molar-refractivity contribution in [3.63, 3.8) is 0 Å². The van der Waals surface area contributed by atoms with Crippen LogP contribution < -0.4 is 0 Å². The maximum atomic E-state index is 6.52. The Morgan fingerprint density at radius 3 is 2.59 bits per heavy atom. The van der Waals surface area contributed by atoms with Gasteiger partial charge in [0.05, 0.1) is 12.2 Å². The Balaban J connectivity index is 1.91. The van der Waals surface area contributed by atoms with Gasteiger partial charge in [0, 0.05) is 6.10 Å². The van der Waals surface area contributed by atoms with Crippen molar-refractivity contribution >= 4 is 8.32 Å². The van der Waals surface area contributed by atoms with Crippen LogP contribution in [0.15, 0.2) is 0 Å². The standard InChI is InChI=1S/C14H28O2Si/c1-5-7-12(16-17(3,4)6-2)11-8-9-13-14(10-11)15-13/h11-14H,5-10H2,1-4H3. The van der Waals surface area contributed by atoms with Crippen LogP contribution in [0, 0.1) is 5.92 Å². The smallest absolute Gasteiger partial charge is 0.186 e. The first-order valence-electron chi connectivity index (χ1n) is 7.39. The van der Waals surface area contributed by atoms with Crippen molar-refractivity contribution in [3.05, 3.63) is 0 Å². The molecule has 0 radical (unpaired) electrons. The van der Waals surface area contributed by atoms with E-state index in [0.29, 0.717) is 18.3 Å². The lowest BCUT2D eigenvalue weighted by molar-refractivity contribution is 0.0955. The molecule has 4 atom stereocenters. The minimum Gasteiger partial charge on any atom is -0.414 e. The predicted molar refractivity (Wildman–Crippen MR) is 73.7 cm³/mol. The molecule has 2 aliphatic rings. The van der Waals surface area contributed by atoms with E-state index >= 15 is 0 Å². The molecule has 0 N–H and O–H groups in total. The lowest BCUT2D eigenvalue weighted by Crippen LogP contribution is -2.39. The third kappa shape index (κ3) is 3.55. The summed E-state index contributed by atoms with van der Waals surface area (Å²) < 4.78 is 12.2. The summed E-state index contributed by atoms with van der Waals surface area (Å²) in [4.78, 5) is 0. The Kier molecular flexibility index (Phi) is 4.32. The van der Waals surface area contributed by atoms with E-state index in [1.165, 1.54) is 38.1 Å². The molecule has 0 bridgehead atoms. The zero-order valence-electron chi connectivity index (χ0n) is 11.9. The van der Waals surface area contributed by atoms with Gasteiger partial charge in [-0.3, -0.25) is 0 Å². The van der Waals surface area contributed by atoms with Gasteiger partial charge in [0.15, 0.2) is 8.32 Å². The highest BCUT2D eigenvalue weighted by Gasteiger charge is 2.46. The van der Waals surface area contributed by atoms with Crippen LogP contribution in [0.2, 0.25) is 19.1 Å². The van der Waals surface area contributed by atoms with Crippen LogP contribution in [0.4, 0.5) is 0 Å². The molecule has 2 nitrogen and oxygen atoms in total. The number of rotatable bonds is 6. The second kappa shape index (κ2) is 5.41. The van der Waals surface area contributed by atoms with E-state index in [9.17, 15) is 0 Å². The lowest BCUT2D eigenvalue weighted by Gasteiger charge is -2.35. The number of fused-ring (bicyclic) bond motifs is 1. The molecule has 1 aliphatic carbocycles. The van der Waals surface area contributed by atoms with Gasteiger partial charge >= 0.3 is 0 Å². The fourth-order valence-corrected chi connectivity index (χ4v) is 4.24. The monoisotopic (exact) mass is 256 g/mol. The molecule has 17 heavy (non-hydrogen) atoms. The van der Waals surface area contributed by atoms with E-state index < -0.39 is 8.32 Å². The highest BCUT2D eigenvalue weighted by atomic mass is 28.4. The molecule has 0 spiro atoms. The van der Waals surface area contributed by atoms with E-state index in [0.717, 1.165) is 5.92 Å². The van der Waals surface area contributed by atoms with Gasteiger partial charge in [-0.2, -0.15) is 0 Å². The average molecular weight is 256 g/mol. The quantitative estimate of drug-likeness (QED) is 0.530. The van der Waals surface area contributed by atoms with Crippen molar-refractivity contribution in [3.8, 4) is 0 Å². The van der Waals surface area contributed by atoms with Crippen LogP contribution in [-0.4, -0.2) is 26.6 Å². The molecule has 1 aliphatic heterocycles. The summed E-state index contributed by atoms with van der Waals surface area (Å²) in [6, 6.07) is 1.22. The van der Waals surface area contributed by atoms with E-state index in [2.05, 4.69) is 26.9 Å². The van der Waals surface area contributed by atoms with Gasteiger partial charge < -0.3 is 9.16 Å². The highest BCUT2D eigenvalue weighted by Crippen LogP contribution is 2.42. The number of hydrogen-bond acceptors (Lipinski definition) is 2. The molecule has 3 heteroatoms. The lowest BCUT2D eigenvalue weighted by atomic mass is 9.84. The second-order valence-electron chi connectivity index (χ2n) is 6.34. The van der Waals surface area contributed by atoms with Crippen LogP contribution in [0.5, 0.6) is 0 Å². The molecule has 1 heterocycles. The van der Waals surface area contributed by atoms with Gasteiger partial charge in [0.25, 0.3) is 0 Å². The van der Waals surface area contributed by atoms with E-state index in [1.54, 1.807) is 0 Å². The first kappa shape index (κ1) is 13.6. The second-order valence-corrected chi connectivity index (χ2v) is 10.8. The van der Waals surface area contributed by atoms with Crippen molar-refractivity contribution in [1.29, 1.82) is 0 Å². The summed E-state index contributed by atoms with van der Waals surface area (Å²) in [6.07, 6.45) is 8.03. The summed E-state index contributed by atoms with van der Waals surface area (Å²) in [5, 5.41) is 0. The summed E-state index contributed by atoms with van der Waals surface area (Å²) >= 11 is 0. The van der Waals surface area contributed by atoms with Crippen LogP contribution in [-0.2, 0) is 9.16 Å². The topological polar surface area (TPSA) is 21.8 Å². The van der Waals surface area contributed by atoms with Crippen LogP contribution in [0.3, 0.4) is 0 Å². The number of hydrogen-bond donors (Lipinski definition) is 0. The summed E-state index contributed by atoms with van der Waals surface area (Å²) in [5.41, 5.74) is 0. The van der Waals surface area contributed by atoms with Crippen molar-refractivity contribution in [2.75, 3.05) is 0 Å². The fourth-order valence-electron chi connectivity index (χ4n) is 2.94. The van der Waals surface area contributed by atoms with Crippen molar-refractivity contribution < 1.29 is 9.16 Å². The SMILES string of the molecule is CCCC(O[Si](C)(C)CC)C1CCC2OC2C1. The molecule has 0 aromatic heterocycles. The largest absolute Gasteiger partial charge is 0.414 e. The Bertz CT molecular complexity index is 255. The Morgan fingerprint density at radius 1 is 1.24 bits per heavy atom. The average Bonchev–Trinajstić information content (AvgIpc) is 3.06. The summed E-state index contributed by atoms with van der Waals surface area (Å²) in [7, 11) is -1.41. The van der Waals surface area contributed by atoms with Crippen molar-refractivity contribution in [2.45, 2.75) is 83.4 Å². The molecule has 2 fully saturated rings. The number of epoxide rings is 1. The molecular weight excluding hydrogens is 228 g/mol. The first-order chi connectivity index (χ1) is 8.05. The Hall–Kier alpha value is 0.137. The van der Waals surface area contributed by atoms with Crippen LogP contribution in [0.25, 0.3) is 0 Å². The minimum absolute atomic E-state index is 0.506. The normalized spacial score (nSPS) is 34.2. The van der Waals surface area contributed by atoms with Gasteiger partial charge in [0.1, 0.15) is 0 Å². The van der Waals surface area contributed by atoms with E-state index in [-0.39, 0.29) is 0 Å². The number of ether oxygens (including phenoxy) is 1. The van der Waals surface area contributed by atoms with Crippen molar-refractivity contribution in [1.82, 2.24) is 0 Å². The third-order valence-electron chi connectivity index (χ3n) is 4.47. The Labute approximate surface area is 107 Å². The van der Waals surface area contributed by atoms with E-state index in [4.69, 9.17) is 9.16 Å². The van der Waals surface area contributed by atoms with Gasteiger partial charge in [-0.15, -0.1) is 0 Å². The molecule has 0 aromatic rings. The Morgan fingerprint density at radius 2 is 2.00 bits per heavy atom. The van der Waals surface area contributed by atoms with Gasteiger partial charge in [0.2, 0.25) is 0 Å². The molecule has 1 saturated heterocycles. The molecule has 2 rings (SSSR count). The summed E-state index contributed by atoms with van der Waals surface area (Å²) in [5.74, 6) is 0.761. The van der Waals surface area contributed by atoms with Crippen LogP contribution in [0.1, 0.15) is 46.0 Å². The molecule has 4 unspecified atom stereocenters. The molecular formula is C14H28O2Si. The third-order valence-corrected chi connectivity index (χ3v) is 7.11. The molecule has 100 valence electrons. The maximum Gasteiger partial charge on any atom is 0.186 e. The van der Waals surface area contributed by atoms with E-state index in [1.807, 2.05) is 0 Å². The molecule has 0 amide bonds. The van der Waals surface area contributed by atoms with Gasteiger partial charge in [-0.1, -0.05) is 20.3 Å². The zero-order valence-corrected chi connectivity index (χ0v) is 12.9.